The molecular weight excluding hydrogens is 314 g/mol. The summed E-state index contributed by atoms with van der Waals surface area (Å²) in [5.41, 5.74) is 1.10. The van der Waals surface area contributed by atoms with Crippen LogP contribution in [0.4, 0.5) is 0 Å². The van der Waals surface area contributed by atoms with Gasteiger partial charge in [0.1, 0.15) is 5.75 Å². The molecule has 1 heterocycles. The second-order valence-corrected chi connectivity index (χ2v) is 7.71. The molecule has 23 heavy (non-hydrogen) atoms. The smallest absolute Gasteiger partial charge is 0.208 e. The van der Waals surface area contributed by atoms with Crippen molar-refractivity contribution in [2.24, 2.45) is 0 Å². The summed E-state index contributed by atoms with van der Waals surface area (Å²) in [6, 6.07) is 7.91. The summed E-state index contributed by atoms with van der Waals surface area (Å²) in [6.07, 6.45) is 1.20. The van der Waals surface area contributed by atoms with Gasteiger partial charge in [0.05, 0.1) is 13.4 Å². The van der Waals surface area contributed by atoms with Crippen LogP contribution in [0.15, 0.2) is 24.3 Å². The summed E-state index contributed by atoms with van der Waals surface area (Å²) in [5.74, 6) is 0.805. The molecule has 0 amide bonds. The molecule has 0 radical (unpaired) electrons. The number of methoxy groups -OCH3 is 1. The zero-order valence-corrected chi connectivity index (χ0v) is 15.0. The third-order valence-electron chi connectivity index (χ3n) is 4.33. The Morgan fingerprint density at radius 3 is 2.26 bits per heavy atom. The summed E-state index contributed by atoms with van der Waals surface area (Å²) >= 11 is 0. The Morgan fingerprint density at radius 2 is 1.78 bits per heavy atom. The van der Waals surface area contributed by atoms with Gasteiger partial charge in [0.25, 0.3) is 0 Å². The Balaban J connectivity index is 2.13. The van der Waals surface area contributed by atoms with E-state index in [2.05, 4.69) is 21.4 Å². The zero-order valence-electron chi connectivity index (χ0n) is 14.2. The van der Waals surface area contributed by atoms with Crippen molar-refractivity contribution < 1.29 is 13.2 Å². The maximum absolute atomic E-state index is 11.5. The highest BCUT2D eigenvalue weighted by molar-refractivity contribution is 7.88. The Hall–Kier alpha value is -1.15. The van der Waals surface area contributed by atoms with Crippen LogP contribution in [0.2, 0.25) is 0 Å². The van der Waals surface area contributed by atoms with Crippen LogP contribution in [-0.4, -0.2) is 70.9 Å². The number of nitrogens with one attached hydrogen (secondary N) is 1. The second-order valence-electron chi connectivity index (χ2n) is 5.88. The largest absolute Gasteiger partial charge is 0.497 e. The van der Waals surface area contributed by atoms with Crippen molar-refractivity contribution in [2.45, 2.75) is 13.0 Å². The van der Waals surface area contributed by atoms with Crippen LogP contribution >= 0.6 is 0 Å². The molecular formula is C16H27N3O3S. The van der Waals surface area contributed by atoms with Crippen molar-refractivity contribution in [1.82, 2.24) is 14.5 Å². The molecule has 7 heteroatoms. The topological polar surface area (TPSA) is 61.9 Å². The van der Waals surface area contributed by atoms with Gasteiger partial charge in [0, 0.05) is 38.8 Å². The van der Waals surface area contributed by atoms with Crippen molar-refractivity contribution >= 4 is 10.0 Å². The van der Waals surface area contributed by atoms with E-state index in [4.69, 9.17) is 4.74 Å². The number of nitrogens with zero attached hydrogens (tertiary/aromatic N) is 2. The normalized spacial score (nSPS) is 18.7. The first-order valence-electron chi connectivity index (χ1n) is 7.98. The van der Waals surface area contributed by atoms with E-state index in [0.717, 1.165) is 44.0 Å². The number of likely N-dealkylation sites (N-methyl/N-ethyl adjacent to an activating group) is 1. The molecule has 130 valence electrons. The van der Waals surface area contributed by atoms with Gasteiger partial charge in [-0.3, -0.25) is 4.90 Å². The lowest BCUT2D eigenvalue weighted by atomic mass is 10.0. The third kappa shape index (κ3) is 5.46. The Morgan fingerprint density at radius 1 is 1.17 bits per heavy atom. The molecule has 1 atom stereocenters. The molecule has 1 aliphatic heterocycles. The summed E-state index contributed by atoms with van der Waals surface area (Å²) in [4.78, 5) is 4.76. The van der Waals surface area contributed by atoms with Gasteiger partial charge in [0.15, 0.2) is 0 Å². The molecule has 0 aromatic heterocycles. The Labute approximate surface area is 139 Å². The first-order valence-corrected chi connectivity index (χ1v) is 9.87. The lowest BCUT2D eigenvalue weighted by molar-refractivity contribution is 0.100. The molecule has 6 nitrogen and oxygen atoms in total. The highest BCUT2D eigenvalue weighted by atomic mass is 32.2. The predicted octanol–water partition coefficient (Wildman–Crippen LogP) is 0.923. The molecule has 1 saturated heterocycles. The van der Waals surface area contributed by atoms with Gasteiger partial charge in [-0.15, -0.1) is 0 Å². The van der Waals surface area contributed by atoms with Crippen LogP contribution in [0.25, 0.3) is 0 Å². The van der Waals surface area contributed by atoms with Gasteiger partial charge in [-0.05, 0) is 24.2 Å². The highest BCUT2D eigenvalue weighted by Gasteiger charge is 2.25. The van der Waals surface area contributed by atoms with Crippen LogP contribution in [0, 0.1) is 0 Å². The van der Waals surface area contributed by atoms with Crippen LogP contribution in [0.1, 0.15) is 18.5 Å². The van der Waals surface area contributed by atoms with Crippen LogP contribution < -0.4 is 9.46 Å². The molecule has 1 unspecified atom stereocenters. The number of benzene rings is 1. The zero-order chi connectivity index (χ0) is 16.9. The molecule has 0 saturated carbocycles. The van der Waals surface area contributed by atoms with E-state index in [9.17, 15) is 8.42 Å². The van der Waals surface area contributed by atoms with Gasteiger partial charge in [-0.1, -0.05) is 19.1 Å². The minimum absolute atomic E-state index is 0.0367. The second kappa shape index (κ2) is 8.10. The number of sulfonamides is 1. The van der Waals surface area contributed by atoms with Crippen molar-refractivity contribution in [2.75, 3.05) is 52.6 Å². The third-order valence-corrected chi connectivity index (χ3v) is 5.03. The van der Waals surface area contributed by atoms with Crippen molar-refractivity contribution in [1.29, 1.82) is 0 Å². The number of hydrogen-bond acceptors (Lipinski definition) is 5. The monoisotopic (exact) mass is 341 g/mol. The standard InChI is InChI=1S/C16H27N3O3S/c1-4-18-9-11-19(12-10-18)16(13-17-23(3,20)21)14-5-7-15(22-2)8-6-14/h5-8,16-17H,4,9-13H2,1-3H3. The Bertz CT molecular complexity index is 581. The van der Waals surface area contributed by atoms with E-state index < -0.39 is 10.0 Å². The number of ether oxygens (including phenoxy) is 1. The van der Waals surface area contributed by atoms with Gasteiger partial charge in [-0.2, -0.15) is 0 Å². The highest BCUT2D eigenvalue weighted by Crippen LogP contribution is 2.24. The molecule has 0 bridgehead atoms. The molecule has 1 N–H and O–H groups in total. The van der Waals surface area contributed by atoms with Gasteiger partial charge < -0.3 is 9.64 Å². The fourth-order valence-electron chi connectivity index (χ4n) is 2.91. The van der Waals surface area contributed by atoms with E-state index in [1.165, 1.54) is 6.26 Å². The van der Waals surface area contributed by atoms with Gasteiger partial charge >= 0.3 is 0 Å². The predicted molar refractivity (Wildman–Crippen MR) is 92.3 cm³/mol. The first kappa shape index (κ1) is 18.2. The maximum atomic E-state index is 11.5. The van der Waals surface area contributed by atoms with Crippen molar-refractivity contribution in [3.8, 4) is 5.75 Å². The van der Waals surface area contributed by atoms with E-state index in [-0.39, 0.29) is 6.04 Å². The molecule has 0 spiro atoms. The van der Waals surface area contributed by atoms with Gasteiger partial charge in [-0.25, -0.2) is 13.1 Å². The van der Waals surface area contributed by atoms with Crippen molar-refractivity contribution in [3.63, 3.8) is 0 Å². The average molecular weight is 341 g/mol. The molecule has 1 fully saturated rings. The van der Waals surface area contributed by atoms with Gasteiger partial charge in [0.2, 0.25) is 10.0 Å². The summed E-state index contributed by atoms with van der Waals surface area (Å²) < 4.78 is 30.8. The Kier molecular flexibility index (Phi) is 6.41. The fourth-order valence-corrected chi connectivity index (χ4v) is 3.37. The van der Waals surface area contributed by atoms with E-state index >= 15 is 0 Å². The minimum atomic E-state index is -3.21. The summed E-state index contributed by atoms with van der Waals surface area (Å²) in [5, 5.41) is 0. The SMILES string of the molecule is CCN1CCN(C(CNS(C)(=O)=O)c2ccc(OC)cc2)CC1. The average Bonchev–Trinajstić information content (AvgIpc) is 2.55. The van der Waals surface area contributed by atoms with E-state index in [1.54, 1.807) is 7.11 Å². The van der Waals surface area contributed by atoms with Crippen molar-refractivity contribution in [3.05, 3.63) is 29.8 Å². The molecule has 1 aromatic rings. The maximum Gasteiger partial charge on any atom is 0.208 e. The summed E-state index contributed by atoms with van der Waals surface area (Å²) in [7, 11) is -1.57. The number of hydrogen-bond donors (Lipinski definition) is 1. The van der Waals surface area contributed by atoms with E-state index in [0.29, 0.717) is 6.54 Å². The lowest BCUT2D eigenvalue weighted by Gasteiger charge is -2.39. The number of piperazine rings is 1. The molecule has 2 rings (SSSR count). The number of rotatable bonds is 7. The minimum Gasteiger partial charge on any atom is -0.497 e. The molecule has 0 aliphatic carbocycles. The van der Waals surface area contributed by atoms with Crippen LogP contribution in [0.5, 0.6) is 5.75 Å². The summed E-state index contributed by atoms with van der Waals surface area (Å²) in [6.45, 7) is 7.53. The first-order chi connectivity index (χ1) is 10.9. The molecule has 1 aliphatic rings. The lowest BCUT2D eigenvalue weighted by Crippen LogP contribution is -2.49. The molecule has 1 aromatic carbocycles. The van der Waals surface area contributed by atoms with E-state index in [1.807, 2.05) is 24.3 Å². The van der Waals surface area contributed by atoms with Crippen LogP contribution in [-0.2, 0) is 10.0 Å². The quantitative estimate of drug-likeness (QED) is 0.799. The van der Waals surface area contributed by atoms with Crippen LogP contribution in [0.3, 0.4) is 0 Å². The fraction of sp³-hybridized carbons (Fsp3) is 0.625.